The van der Waals surface area contributed by atoms with Gasteiger partial charge in [-0.2, -0.15) is 16.1 Å². The van der Waals surface area contributed by atoms with Gasteiger partial charge in [0.2, 0.25) is 10.0 Å². The Morgan fingerprint density at radius 3 is 2.75 bits per heavy atom. The van der Waals surface area contributed by atoms with Crippen molar-refractivity contribution in [3.8, 4) is 0 Å². The maximum atomic E-state index is 12.7. The molecule has 1 aliphatic heterocycles. The number of alkyl halides is 1. The van der Waals surface area contributed by atoms with E-state index in [1.807, 2.05) is 24.8 Å². The lowest BCUT2D eigenvalue weighted by Gasteiger charge is -2.29. The maximum absolute atomic E-state index is 12.7. The van der Waals surface area contributed by atoms with E-state index in [1.54, 1.807) is 16.4 Å². The molecule has 0 saturated carbocycles. The summed E-state index contributed by atoms with van der Waals surface area (Å²) in [5, 5.41) is 0.348. The van der Waals surface area contributed by atoms with Crippen molar-refractivity contribution in [2.75, 3.05) is 18.8 Å². The normalized spacial score (nSPS) is 21.1. The summed E-state index contributed by atoms with van der Waals surface area (Å²) in [6, 6.07) is 5.32. The first-order valence-electron chi connectivity index (χ1n) is 6.78. The summed E-state index contributed by atoms with van der Waals surface area (Å²) in [7, 11) is -3.39. The molecule has 0 N–H and O–H groups in total. The van der Waals surface area contributed by atoms with Crippen LogP contribution in [0.3, 0.4) is 0 Å². The van der Waals surface area contributed by atoms with Crippen LogP contribution >= 0.6 is 23.4 Å². The molecule has 112 valence electrons. The van der Waals surface area contributed by atoms with E-state index in [-0.39, 0.29) is 0 Å². The molecule has 6 heteroatoms. The number of sulfonamides is 1. The van der Waals surface area contributed by atoms with Gasteiger partial charge in [-0.05, 0) is 29.7 Å². The molecule has 1 aromatic carbocycles. The number of nitrogens with zero attached hydrogens (tertiary/aromatic N) is 1. The molecule has 0 bridgehead atoms. The fraction of sp³-hybridized carbons (Fsp3) is 0.571. The Labute approximate surface area is 130 Å². The second kappa shape index (κ2) is 6.69. The minimum absolute atomic E-state index is 0.346. The van der Waals surface area contributed by atoms with Crippen molar-refractivity contribution < 1.29 is 8.42 Å². The Balaban J connectivity index is 2.34. The molecule has 0 aliphatic carbocycles. The van der Waals surface area contributed by atoms with E-state index in [9.17, 15) is 8.42 Å². The van der Waals surface area contributed by atoms with Gasteiger partial charge in [-0.1, -0.05) is 19.9 Å². The van der Waals surface area contributed by atoms with Crippen LogP contribution in [0.2, 0.25) is 0 Å². The van der Waals surface area contributed by atoms with E-state index < -0.39 is 10.0 Å². The van der Waals surface area contributed by atoms with E-state index in [1.165, 1.54) is 0 Å². The molecule has 0 spiro atoms. The highest BCUT2D eigenvalue weighted by molar-refractivity contribution is 8.00. The summed E-state index contributed by atoms with van der Waals surface area (Å²) in [5.41, 5.74) is 2.02. The first-order chi connectivity index (χ1) is 9.48. The Bertz CT molecular complexity index is 575. The third-order valence-corrected chi connectivity index (χ3v) is 6.83. The molecule has 1 unspecified atom stereocenters. The Morgan fingerprint density at radius 1 is 1.40 bits per heavy atom. The predicted molar refractivity (Wildman–Crippen MR) is 86.1 cm³/mol. The smallest absolute Gasteiger partial charge is 0.207 e. The van der Waals surface area contributed by atoms with Crippen LogP contribution in [0, 0.1) is 0 Å². The highest BCUT2D eigenvalue weighted by Gasteiger charge is 2.29. The van der Waals surface area contributed by atoms with Gasteiger partial charge >= 0.3 is 0 Å². The fourth-order valence-electron chi connectivity index (χ4n) is 2.39. The van der Waals surface area contributed by atoms with Crippen molar-refractivity contribution in [3.05, 3.63) is 29.3 Å². The van der Waals surface area contributed by atoms with Crippen molar-refractivity contribution >= 4 is 33.4 Å². The highest BCUT2D eigenvalue weighted by Crippen LogP contribution is 2.26. The van der Waals surface area contributed by atoms with E-state index in [4.69, 9.17) is 11.6 Å². The summed E-state index contributed by atoms with van der Waals surface area (Å²) in [6.07, 6.45) is 0.861. The predicted octanol–water partition coefficient (Wildman–Crippen LogP) is 3.11. The minimum atomic E-state index is -3.39. The molecular weight excluding hydrogens is 314 g/mol. The molecule has 0 amide bonds. The molecule has 1 aliphatic rings. The zero-order chi connectivity index (χ0) is 14.8. The molecular formula is C14H20ClNO2S2. The number of hydrogen-bond donors (Lipinski definition) is 0. The van der Waals surface area contributed by atoms with Crippen LogP contribution < -0.4 is 0 Å². The van der Waals surface area contributed by atoms with Crippen LogP contribution in [0.5, 0.6) is 0 Å². The largest absolute Gasteiger partial charge is 0.243 e. The van der Waals surface area contributed by atoms with Crippen LogP contribution in [0.15, 0.2) is 23.1 Å². The van der Waals surface area contributed by atoms with Crippen molar-refractivity contribution in [3.63, 3.8) is 0 Å². The number of benzene rings is 1. The number of thioether (sulfide) groups is 1. The standard InChI is InChI=1S/C14H20ClNO2S2/c1-3-12-4-5-14(8-13(12)9-15)20(17,18)16-6-7-19-11(2)10-16/h4-5,8,11H,3,6-7,9-10H2,1-2H3. The van der Waals surface area contributed by atoms with Gasteiger partial charge in [0.1, 0.15) is 0 Å². The third kappa shape index (κ3) is 3.32. The molecule has 2 rings (SSSR count). The zero-order valence-corrected chi connectivity index (χ0v) is 14.2. The third-order valence-electron chi connectivity index (χ3n) is 3.54. The Morgan fingerprint density at radius 2 is 2.15 bits per heavy atom. The molecule has 3 nitrogen and oxygen atoms in total. The second-order valence-corrected chi connectivity index (χ2v) is 8.71. The average Bonchev–Trinajstić information content (AvgIpc) is 2.46. The fourth-order valence-corrected chi connectivity index (χ4v) is 5.44. The topological polar surface area (TPSA) is 37.4 Å². The van der Waals surface area contributed by atoms with Crippen LogP contribution in [0.25, 0.3) is 0 Å². The quantitative estimate of drug-likeness (QED) is 0.794. The summed E-state index contributed by atoms with van der Waals surface area (Å²) >= 11 is 7.75. The summed E-state index contributed by atoms with van der Waals surface area (Å²) in [4.78, 5) is 0.365. The maximum Gasteiger partial charge on any atom is 0.243 e. The monoisotopic (exact) mass is 333 g/mol. The summed E-state index contributed by atoms with van der Waals surface area (Å²) in [5.74, 6) is 1.20. The number of halogens is 1. The number of rotatable bonds is 4. The SMILES string of the molecule is CCc1ccc(S(=O)(=O)N2CCSC(C)C2)cc1CCl. The zero-order valence-electron chi connectivity index (χ0n) is 11.8. The molecule has 0 radical (unpaired) electrons. The Kier molecular flexibility index (Phi) is 5.40. The molecule has 1 atom stereocenters. The van der Waals surface area contributed by atoms with E-state index in [2.05, 4.69) is 6.92 Å². The first-order valence-corrected chi connectivity index (χ1v) is 9.81. The van der Waals surface area contributed by atoms with E-state index in [0.717, 1.165) is 23.3 Å². The molecule has 1 saturated heterocycles. The lowest BCUT2D eigenvalue weighted by atomic mass is 10.1. The van der Waals surface area contributed by atoms with Gasteiger partial charge in [-0.15, -0.1) is 11.6 Å². The van der Waals surface area contributed by atoms with Crippen molar-refractivity contribution in [2.24, 2.45) is 0 Å². The van der Waals surface area contributed by atoms with E-state index >= 15 is 0 Å². The van der Waals surface area contributed by atoms with Crippen molar-refractivity contribution in [1.82, 2.24) is 4.31 Å². The molecule has 1 fully saturated rings. The lowest BCUT2D eigenvalue weighted by Crippen LogP contribution is -2.40. The second-order valence-electron chi connectivity index (χ2n) is 4.96. The van der Waals surface area contributed by atoms with Crippen LogP contribution in [0.1, 0.15) is 25.0 Å². The van der Waals surface area contributed by atoms with Gasteiger partial charge in [-0.3, -0.25) is 0 Å². The van der Waals surface area contributed by atoms with Crippen molar-refractivity contribution in [2.45, 2.75) is 36.3 Å². The number of aryl methyl sites for hydroxylation is 1. The summed E-state index contributed by atoms with van der Waals surface area (Å²) in [6.45, 7) is 5.28. The Hall–Kier alpha value is -0.230. The molecule has 20 heavy (non-hydrogen) atoms. The average molecular weight is 334 g/mol. The number of hydrogen-bond acceptors (Lipinski definition) is 3. The molecule has 1 aromatic rings. The highest BCUT2D eigenvalue weighted by atomic mass is 35.5. The van der Waals surface area contributed by atoms with Gasteiger partial charge in [0, 0.05) is 30.0 Å². The van der Waals surface area contributed by atoms with Gasteiger partial charge in [0.05, 0.1) is 4.90 Å². The van der Waals surface area contributed by atoms with Gasteiger partial charge in [0.25, 0.3) is 0 Å². The first kappa shape index (κ1) is 16.1. The van der Waals surface area contributed by atoms with Crippen LogP contribution in [-0.2, 0) is 22.3 Å². The van der Waals surface area contributed by atoms with Gasteiger partial charge in [-0.25, -0.2) is 8.42 Å². The van der Waals surface area contributed by atoms with Gasteiger partial charge in [0.15, 0.2) is 0 Å². The molecule has 1 heterocycles. The van der Waals surface area contributed by atoms with Gasteiger partial charge < -0.3 is 0 Å². The van der Waals surface area contributed by atoms with Crippen LogP contribution in [0.4, 0.5) is 0 Å². The van der Waals surface area contributed by atoms with Crippen molar-refractivity contribution in [1.29, 1.82) is 0 Å². The minimum Gasteiger partial charge on any atom is -0.207 e. The van der Waals surface area contributed by atoms with E-state index in [0.29, 0.717) is 29.1 Å². The lowest BCUT2D eigenvalue weighted by molar-refractivity contribution is 0.424. The molecule has 0 aromatic heterocycles. The summed E-state index contributed by atoms with van der Waals surface area (Å²) < 4.78 is 26.9. The van der Waals surface area contributed by atoms with Crippen LogP contribution in [-0.4, -0.2) is 36.8 Å².